The molecule has 0 bridgehead atoms. The van der Waals surface area contributed by atoms with E-state index >= 15 is 0 Å². The Labute approximate surface area is 107 Å². The molecule has 1 N–H and O–H groups in total. The number of nitrogens with zero attached hydrogens (tertiary/aromatic N) is 1. The fourth-order valence-corrected chi connectivity index (χ4v) is 2.42. The van der Waals surface area contributed by atoms with Gasteiger partial charge in [-0.05, 0) is 6.42 Å². The van der Waals surface area contributed by atoms with Gasteiger partial charge >= 0.3 is 7.67 Å². The van der Waals surface area contributed by atoms with Crippen molar-refractivity contribution in [2.24, 2.45) is 0 Å². The van der Waals surface area contributed by atoms with Crippen molar-refractivity contribution < 1.29 is 21.5 Å². The Morgan fingerprint density at radius 2 is 2.50 bits per heavy atom. The Bertz CT molecular complexity index is 503. The average molecular weight is 270 g/mol. The van der Waals surface area contributed by atoms with Crippen LogP contribution in [0.2, 0.25) is 1.41 Å². The van der Waals surface area contributed by atoms with Crippen LogP contribution in [0.5, 0.6) is 0 Å². The van der Waals surface area contributed by atoms with E-state index in [0.717, 1.165) is 0 Å². The number of nitrogens with one attached hydrogen (secondary N) is 1. The van der Waals surface area contributed by atoms with E-state index in [-0.39, 0.29) is 16.2 Å². The van der Waals surface area contributed by atoms with E-state index < -0.39 is 45.5 Å². The molecule has 1 unspecified atom stereocenters. The molecule has 1 saturated heterocycles. The summed E-state index contributed by atoms with van der Waals surface area (Å²) in [5, 5.41) is 0.194. The lowest BCUT2D eigenvalue weighted by molar-refractivity contribution is 0.233. The Kier molecular flexibility index (Phi) is 2.21. The van der Waals surface area contributed by atoms with Gasteiger partial charge in [-0.2, -0.15) is 0 Å². The molecule has 1 aliphatic heterocycles. The van der Waals surface area contributed by atoms with Gasteiger partial charge in [0.2, 0.25) is 0 Å². The van der Waals surface area contributed by atoms with Crippen molar-refractivity contribution >= 4 is 30.9 Å². The molecule has 1 heterocycles. The second-order valence-electron chi connectivity index (χ2n) is 2.15. The summed E-state index contributed by atoms with van der Waals surface area (Å²) >= 11 is 10.8. The van der Waals surface area contributed by atoms with E-state index in [2.05, 4.69) is 0 Å². The van der Waals surface area contributed by atoms with Crippen LogP contribution in [0.4, 0.5) is 0 Å². The smallest absolute Gasteiger partial charge is 0.306 e. The molecule has 0 saturated carbocycles. The lowest BCUT2D eigenvalue weighted by atomic mass is 10.5. The lowest BCUT2D eigenvalue weighted by Crippen LogP contribution is -2.35. The lowest BCUT2D eigenvalue weighted by Gasteiger charge is -2.33. The van der Waals surface area contributed by atoms with Crippen LogP contribution in [0.15, 0.2) is 0 Å². The first-order valence-corrected chi connectivity index (χ1v) is 6.09. The van der Waals surface area contributed by atoms with Crippen LogP contribution >= 0.6 is 30.9 Å². The maximum Gasteiger partial charge on any atom is 0.343 e. The van der Waals surface area contributed by atoms with Crippen molar-refractivity contribution in [2.45, 2.75) is 6.42 Å². The number of hydrogen-bond acceptors (Lipinski definition) is 2. The minimum absolute atomic E-state index is 0.194. The predicted molar refractivity (Wildman–Crippen MR) is 59.2 cm³/mol. The zero-order chi connectivity index (χ0) is 18.5. The molecule has 1 aliphatic rings. The zero-order valence-corrected chi connectivity index (χ0v) is 9.44. The highest BCUT2D eigenvalue weighted by atomic mass is 35.5. The molecule has 0 amide bonds. The highest BCUT2D eigenvalue weighted by Gasteiger charge is 2.32. The largest absolute Gasteiger partial charge is 0.343 e. The van der Waals surface area contributed by atoms with E-state index in [1.165, 1.54) is 0 Å². The van der Waals surface area contributed by atoms with Crippen LogP contribution in [0.3, 0.4) is 0 Å². The summed E-state index contributed by atoms with van der Waals surface area (Å²) in [6, 6.07) is 0. The molecule has 14 heavy (non-hydrogen) atoms. The topological polar surface area (TPSA) is 41.6 Å². The highest BCUT2D eigenvalue weighted by molar-refractivity contribution is 7.54. The van der Waals surface area contributed by atoms with E-state index in [4.69, 9.17) is 40.1 Å². The SMILES string of the molecule is [2H]N1CCC([2H])([2H])OP1(=O)N(C([2H])([2H])CCl)C([2H])([2H])C([2H])([2H])Cl. The van der Waals surface area contributed by atoms with Crippen LogP contribution in [0, 0.1) is 0 Å². The fraction of sp³-hybridized carbons (Fsp3) is 1.00. The maximum absolute atomic E-state index is 13.0. The normalized spacial score (nSPS) is 45.8. The molecule has 0 spiro atoms. The Balaban J connectivity index is 3.55. The van der Waals surface area contributed by atoms with Crippen molar-refractivity contribution in [2.75, 3.05) is 37.8 Å². The summed E-state index contributed by atoms with van der Waals surface area (Å²) in [5.74, 6) is -4.19. The number of rotatable bonds is 5. The van der Waals surface area contributed by atoms with Crippen LogP contribution in [0.25, 0.3) is 0 Å². The summed E-state index contributed by atoms with van der Waals surface area (Å²) in [7, 11) is -4.99. The minimum atomic E-state index is -4.99. The fourth-order valence-electron chi connectivity index (χ4n) is 0.773. The van der Waals surface area contributed by atoms with Crippen molar-refractivity contribution in [1.29, 1.82) is 0 Å². The van der Waals surface area contributed by atoms with Gasteiger partial charge in [0.05, 0.1) is 9.30 Å². The van der Waals surface area contributed by atoms with Crippen LogP contribution in [0.1, 0.15) is 17.4 Å². The van der Waals surface area contributed by atoms with Gasteiger partial charge in [-0.1, -0.05) is 0 Å². The molecular weight excluding hydrogens is 246 g/mol. The van der Waals surface area contributed by atoms with Gasteiger partial charge in [0.15, 0.2) is 0 Å². The molecule has 1 atom stereocenters. The first kappa shape index (κ1) is 4.91. The number of hydrogen-bond donors (Lipinski definition) is 1. The van der Waals surface area contributed by atoms with E-state index in [0.29, 0.717) is 0 Å². The van der Waals surface area contributed by atoms with Gasteiger partial charge in [0.25, 0.3) is 0 Å². The second kappa shape index (κ2) is 6.31. The second-order valence-corrected chi connectivity index (χ2v) is 4.45. The van der Waals surface area contributed by atoms with E-state index in [9.17, 15) is 4.57 Å². The summed E-state index contributed by atoms with van der Waals surface area (Å²) < 4.78 is 86.0. The first-order valence-electron chi connectivity index (χ1n) is 8.09. The quantitative estimate of drug-likeness (QED) is 0.612. The maximum atomic E-state index is 13.0. The van der Waals surface area contributed by atoms with Crippen molar-refractivity contribution in [3.05, 3.63) is 0 Å². The minimum Gasteiger partial charge on any atom is -0.306 e. The zero-order valence-electron chi connectivity index (χ0n) is 16.0. The predicted octanol–water partition coefficient (Wildman–Crippen LogP) is 1.88. The van der Waals surface area contributed by atoms with Gasteiger partial charge in [0.1, 0.15) is 1.41 Å². The third-order valence-corrected chi connectivity index (χ3v) is 3.16. The monoisotopic (exact) mass is 269 g/mol. The van der Waals surface area contributed by atoms with Crippen molar-refractivity contribution in [3.63, 3.8) is 0 Å². The van der Waals surface area contributed by atoms with Gasteiger partial charge < -0.3 is 4.52 Å². The third kappa shape index (κ3) is 3.37. The highest BCUT2D eigenvalue weighted by Crippen LogP contribution is 2.47. The van der Waals surface area contributed by atoms with Gasteiger partial charge in [-0.3, -0.25) is 4.57 Å². The van der Waals surface area contributed by atoms with Crippen molar-refractivity contribution in [3.8, 4) is 0 Å². The molecular formula is C7H15Cl2N2O2P. The molecule has 7 heteroatoms. The standard InChI is InChI=1S/C7H15Cl2N2O2P/c8-2-5-11(6-3-9)14(12)10-4-1-7-13-14/h1-7H2,(H,10,12)/i2D2,5D2,6D2,7D2/hD. The van der Waals surface area contributed by atoms with E-state index in [1.807, 2.05) is 0 Å². The molecule has 4 nitrogen and oxygen atoms in total. The Morgan fingerprint density at radius 1 is 1.71 bits per heavy atom. The first-order chi connectivity index (χ1) is 10.0. The molecule has 1 rings (SSSR count). The molecule has 84 valence electrons. The Morgan fingerprint density at radius 3 is 3.14 bits per heavy atom. The summed E-state index contributed by atoms with van der Waals surface area (Å²) in [4.78, 5) is 0. The van der Waals surface area contributed by atoms with E-state index in [1.54, 1.807) is 0 Å². The van der Waals surface area contributed by atoms with Crippen molar-refractivity contribution in [1.82, 2.24) is 9.75 Å². The number of alkyl halides is 2. The summed E-state index contributed by atoms with van der Waals surface area (Å²) in [6.07, 6.45) is -0.366. The third-order valence-electron chi connectivity index (χ3n) is 1.29. The van der Waals surface area contributed by atoms with Crippen LogP contribution in [-0.2, 0) is 9.09 Å². The Hall–Kier alpha value is 0.690. The average Bonchev–Trinajstić information content (AvgIpc) is 2.31. The number of halogens is 2. The van der Waals surface area contributed by atoms with Gasteiger partial charge in [-0.15, -0.1) is 23.2 Å². The summed E-state index contributed by atoms with van der Waals surface area (Å²) in [6.45, 7) is -9.37. The molecule has 0 aliphatic carbocycles. The van der Waals surface area contributed by atoms with Crippen LogP contribution in [-0.4, -0.2) is 42.5 Å². The van der Waals surface area contributed by atoms with Gasteiger partial charge in [0, 0.05) is 39.5 Å². The van der Waals surface area contributed by atoms with Crippen LogP contribution < -0.4 is 5.08 Å². The summed E-state index contributed by atoms with van der Waals surface area (Å²) in [5.41, 5.74) is 0. The molecule has 0 aromatic heterocycles. The molecule has 0 aromatic carbocycles. The molecule has 1 fully saturated rings. The molecule has 0 radical (unpaired) electrons. The van der Waals surface area contributed by atoms with Gasteiger partial charge in [-0.25, -0.2) is 9.75 Å². The molecule has 0 aromatic rings.